The van der Waals surface area contributed by atoms with Crippen LogP contribution in [0.2, 0.25) is 0 Å². The zero-order valence-corrected chi connectivity index (χ0v) is 12.9. The zero-order valence-electron chi connectivity index (χ0n) is 12.9. The fraction of sp³-hybridized carbons (Fsp3) is 0.588. The summed E-state index contributed by atoms with van der Waals surface area (Å²) in [6.45, 7) is 5.76. The number of hydrogen-bond donors (Lipinski definition) is 1. The molecular weight excluding hydrogens is 266 g/mol. The first-order valence-electron chi connectivity index (χ1n) is 7.72. The van der Waals surface area contributed by atoms with Crippen molar-refractivity contribution in [1.82, 2.24) is 4.90 Å². The Bertz CT molecular complexity index is 458. The van der Waals surface area contributed by atoms with Crippen LogP contribution in [0.15, 0.2) is 24.3 Å². The minimum atomic E-state index is -0.488. The molecule has 1 N–H and O–H groups in total. The number of aliphatic hydroxyl groups excluding tert-OH is 1. The highest BCUT2D eigenvalue weighted by Gasteiger charge is 2.20. The van der Waals surface area contributed by atoms with E-state index < -0.39 is 6.10 Å². The summed E-state index contributed by atoms with van der Waals surface area (Å²) in [6.07, 6.45) is 3.22. The van der Waals surface area contributed by atoms with Gasteiger partial charge in [-0.05, 0) is 57.5 Å². The topological polar surface area (TPSA) is 49.8 Å². The first-order chi connectivity index (χ1) is 10.1. The van der Waals surface area contributed by atoms with Crippen LogP contribution in [0.1, 0.15) is 43.5 Å². The fourth-order valence-electron chi connectivity index (χ4n) is 2.73. The lowest BCUT2D eigenvalue weighted by atomic mass is 10.0. The average Bonchev–Trinajstić information content (AvgIpc) is 2.48. The molecule has 1 aliphatic rings. The number of ether oxygens (including phenoxy) is 1. The number of rotatable bonds is 6. The van der Waals surface area contributed by atoms with Gasteiger partial charge in [-0.3, -0.25) is 9.69 Å². The van der Waals surface area contributed by atoms with Gasteiger partial charge < -0.3 is 9.84 Å². The quantitative estimate of drug-likeness (QED) is 0.818. The number of ketones is 1. The molecule has 0 amide bonds. The van der Waals surface area contributed by atoms with Gasteiger partial charge >= 0.3 is 0 Å². The molecule has 1 fully saturated rings. The van der Waals surface area contributed by atoms with Crippen molar-refractivity contribution in [1.29, 1.82) is 0 Å². The molecule has 0 bridgehead atoms. The van der Waals surface area contributed by atoms with E-state index in [-0.39, 0.29) is 12.4 Å². The molecule has 0 radical (unpaired) electrons. The van der Waals surface area contributed by atoms with Crippen LogP contribution in [-0.2, 0) is 0 Å². The van der Waals surface area contributed by atoms with Crippen LogP contribution >= 0.6 is 0 Å². The van der Waals surface area contributed by atoms with E-state index in [4.69, 9.17) is 4.74 Å². The Kier molecular flexibility index (Phi) is 5.76. The molecule has 21 heavy (non-hydrogen) atoms. The molecule has 0 saturated carbocycles. The van der Waals surface area contributed by atoms with Crippen molar-refractivity contribution >= 4 is 5.78 Å². The Morgan fingerprint density at radius 3 is 2.71 bits per heavy atom. The summed E-state index contributed by atoms with van der Waals surface area (Å²) in [5, 5.41) is 10.1. The van der Waals surface area contributed by atoms with E-state index in [1.165, 1.54) is 19.3 Å². The van der Waals surface area contributed by atoms with Crippen LogP contribution in [0.5, 0.6) is 5.75 Å². The van der Waals surface area contributed by atoms with Crippen molar-refractivity contribution in [3.05, 3.63) is 29.8 Å². The number of carbonyl (C=O) groups is 1. The first-order valence-corrected chi connectivity index (χ1v) is 7.72. The first kappa shape index (κ1) is 16.0. The van der Waals surface area contributed by atoms with Gasteiger partial charge in [0.2, 0.25) is 0 Å². The van der Waals surface area contributed by atoms with Crippen LogP contribution in [0.3, 0.4) is 0 Å². The number of nitrogens with zero attached hydrogens (tertiary/aromatic N) is 1. The van der Waals surface area contributed by atoms with Gasteiger partial charge in [0.25, 0.3) is 0 Å². The Labute approximate surface area is 126 Å². The number of likely N-dealkylation sites (tertiary alicyclic amines) is 1. The molecule has 1 aromatic carbocycles. The highest BCUT2D eigenvalue weighted by atomic mass is 16.5. The Hall–Kier alpha value is -1.39. The van der Waals surface area contributed by atoms with E-state index in [1.54, 1.807) is 31.2 Å². The fourth-order valence-corrected chi connectivity index (χ4v) is 2.73. The second-order valence-electron chi connectivity index (χ2n) is 5.89. The third kappa shape index (κ3) is 4.83. The van der Waals surface area contributed by atoms with Crippen molar-refractivity contribution in [3.63, 3.8) is 0 Å². The van der Waals surface area contributed by atoms with Gasteiger partial charge in [-0.25, -0.2) is 0 Å². The van der Waals surface area contributed by atoms with Crippen molar-refractivity contribution < 1.29 is 14.6 Å². The second-order valence-corrected chi connectivity index (χ2v) is 5.89. The molecular formula is C17H25NO3. The maximum atomic E-state index is 11.2. The standard InChI is InChI=1S/C17H25NO3/c1-13-5-3-4-10-18(13)11-16(20)12-21-17-8-6-15(7-9-17)14(2)19/h6-9,13,16,20H,3-5,10-12H2,1-2H3. The van der Waals surface area contributed by atoms with E-state index in [1.807, 2.05) is 0 Å². The van der Waals surface area contributed by atoms with Gasteiger partial charge in [0.1, 0.15) is 18.5 Å². The lowest BCUT2D eigenvalue weighted by Gasteiger charge is -2.34. The minimum absolute atomic E-state index is 0.0423. The number of β-amino-alcohol motifs (C(OH)–C–C–N with tert-alkyl or cyclic N) is 1. The highest BCUT2D eigenvalue weighted by molar-refractivity contribution is 5.94. The molecule has 1 saturated heterocycles. The van der Waals surface area contributed by atoms with Crippen molar-refractivity contribution in [2.45, 2.75) is 45.3 Å². The number of carbonyl (C=O) groups excluding carboxylic acids is 1. The summed E-state index contributed by atoms with van der Waals surface area (Å²) in [6, 6.07) is 7.58. The highest BCUT2D eigenvalue weighted by Crippen LogP contribution is 2.17. The predicted octanol–water partition coefficient (Wildman–Crippen LogP) is 2.50. The monoisotopic (exact) mass is 291 g/mol. The molecule has 2 unspecified atom stereocenters. The molecule has 4 heteroatoms. The molecule has 4 nitrogen and oxygen atoms in total. The predicted molar refractivity (Wildman–Crippen MR) is 82.8 cm³/mol. The van der Waals surface area contributed by atoms with Crippen LogP contribution in [0.4, 0.5) is 0 Å². The van der Waals surface area contributed by atoms with Gasteiger partial charge in [-0.1, -0.05) is 6.42 Å². The number of hydrogen-bond acceptors (Lipinski definition) is 4. The maximum Gasteiger partial charge on any atom is 0.159 e. The SMILES string of the molecule is CC(=O)c1ccc(OCC(O)CN2CCCCC2C)cc1. The molecule has 0 aliphatic carbocycles. The van der Waals surface area contributed by atoms with Crippen LogP contribution < -0.4 is 4.74 Å². The summed E-state index contributed by atoms with van der Waals surface area (Å²) in [4.78, 5) is 13.5. The third-order valence-electron chi connectivity index (χ3n) is 4.09. The van der Waals surface area contributed by atoms with Gasteiger partial charge in [0.15, 0.2) is 5.78 Å². The molecule has 116 valence electrons. The lowest BCUT2D eigenvalue weighted by molar-refractivity contribution is 0.0438. The molecule has 1 heterocycles. The van der Waals surface area contributed by atoms with E-state index in [0.29, 0.717) is 23.9 Å². The average molecular weight is 291 g/mol. The molecule has 1 aromatic rings. The normalized spacial score (nSPS) is 21.0. The van der Waals surface area contributed by atoms with Gasteiger partial charge in [-0.2, -0.15) is 0 Å². The van der Waals surface area contributed by atoms with Gasteiger partial charge in [0.05, 0.1) is 0 Å². The van der Waals surface area contributed by atoms with E-state index >= 15 is 0 Å². The molecule has 2 rings (SSSR count). The summed E-state index contributed by atoms with van der Waals surface area (Å²) in [7, 11) is 0. The summed E-state index contributed by atoms with van der Waals surface area (Å²) in [5.74, 6) is 0.728. The second kappa shape index (κ2) is 7.57. The number of aliphatic hydroxyl groups is 1. The number of piperidine rings is 1. The maximum absolute atomic E-state index is 11.2. The lowest BCUT2D eigenvalue weighted by Crippen LogP contribution is -2.43. The Morgan fingerprint density at radius 2 is 2.10 bits per heavy atom. The zero-order chi connectivity index (χ0) is 15.2. The van der Waals surface area contributed by atoms with Crippen molar-refractivity contribution in [3.8, 4) is 5.75 Å². The molecule has 1 aliphatic heterocycles. The van der Waals surface area contributed by atoms with Crippen molar-refractivity contribution in [2.75, 3.05) is 19.7 Å². The Balaban J connectivity index is 1.77. The van der Waals surface area contributed by atoms with Gasteiger partial charge in [-0.15, -0.1) is 0 Å². The minimum Gasteiger partial charge on any atom is -0.491 e. The molecule has 0 aromatic heterocycles. The van der Waals surface area contributed by atoms with Crippen LogP contribution in [-0.4, -0.2) is 47.6 Å². The smallest absolute Gasteiger partial charge is 0.159 e. The Morgan fingerprint density at radius 1 is 1.38 bits per heavy atom. The number of benzene rings is 1. The van der Waals surface area contributed by atoms with E-state index in [9.17, 15) is 9.90 Å². The van der Waals surface area contributed by atoms with Crippen LogP contribution in [0, 0.1) is 0 Å². The molecule has 0 spiro atoms. The van der Waals surface area contributed by atoms with E-state index in [2.05, 4.69) is 11.8 Å². The summed E-state index contributed by atoms with van der Waals surface area (Å²) < 4.78 is 5.59. The largest absolute Gasteiger partial charge is 0.491 e. The third-order valence-corrected chi connectivity index (χ3v) is 4.09. The summed E-state index contributed by atoms with van der Waals surface area (Å²) in [5.41, 5.74) is 0.671. The number of Topliss-reactive ketones (excluding diaryl/α,β-unsaturated/α-hetero) is 1. The molecule has 2 atom stereocenters. The van der Waals surface area contributed by atoms with Gasteiger partial charge in [0, 0.05) is 18.2 Å². The van der Waals surface area contributed by atoms with E-state index in [0.717, 1.165) is 6.54 Å². The van der Waals surface area contributed by atoms with Crippen molar-refractivity contribution in [2.24, 2.45) is 0 Å². The van der Waals surface area contributed by atoms with Crippen LogP contribution in [0.25, 0.3) is 0 Å². The summed E-state index contributed by atoms with van der Waals surface area (Å²) >= 11 is 0.